The summed E-state index contributed by atoms with van der Waals surface area (Å²) < 4.78 is 5.05. The first-order chi connectivity index (χ1) is 13.0. The number of nitrogens with one attached hydrogen (secondary N) is 3. The average Bonchev–Trinajstić information content (AvgIpc) is 2.64. The van der Waals surface area contributed by atoms with Crippen LogP contribution in [0.25, 0.3) is 0 Å². The Kier molecular flexibility index (Phi) is 8.02. The predicted octanol–water partition coefficient (Wildman–Crippen LogP) is 3.55. The molecule has 1 aromatic carbocycles. The molecule has 0 aliphatic rings. The maximum Gasteiger partial charge on any atom is 0.411 e. The van der Waals surface area contributed by atoms with E-state index in [9.17, 15) is 4.79 Å². The Hall–Kier alpha value is -2.65. The molecule has 1 aromatic heterocycles. The number of rotatable bonds is 7. The zero-order chi connectivity index (χ0) is 19.6. The molecule has 0 spiro atoms. The molecule has 2 rings (SSSR count). The molecule has 5 N–H and O–H groups in total. The average molecular weight is 409 g/mol. The van der Waals surface area contributed by atoms with Crippen molar-refractivity contribution in [2.24, 2.45) is 0 Å². The summed E-state index contributed by atoms with van der Waals surface area (Å²) >= 11 is 11.0. The van der Waals surface area contributed by atoms with Crippen molar-refractivity contribution in [3.63, 3.8) is 0 Å². The second kappa shape index (κ2) is 10.5. The van der Waals surface area contributed by atoms with Crippen molar-refractivity contribution in [2.45, 2.75) is 26.3 Å². The van der Waals surface area contributed by atoms with Crippen LogP contribution >= 0.6 is 23.8 Å². The molecule has 0 atom stereocenters. The van der Waals surface area contributed by atoms with Crippen molar-refractivity contribution >= 4 is 52.2 Å². The summed E-state index contributed by atoms with van der Waals surface area (Å²) in [5.74, 6) is 0.288. The molecule has 0 unspecified atom stereocenters. The number of aromatic nitrogens is 2. The van der Waals surface area contributed by atoms with Crippen LogP contribution in [0.3, 0.4) is 0 Å². The van der Waals surface area contributed by atoms with E-state index < -0.39 is 6.09 Å². The van der Waals surface area contributed by atoms with Crippen LogP contribution in [0.5, 0.6) is 0 Å². The Morgan fingerprint density at radius 1 is 1.26 bits per heavy atom. The number of nitrogen functional groups attached to an aromatic ring is 1. The van der Waals surface area contributed by atoms with Crippen LogP contribution < -0.4 is 21.7 Å². The molecule has 1 amide bonds. The summed E-state index contributed by atoms with van der Waals surface area (Å²) in [5.41, 5.74) is 7.63. The highest BCUT2D eigenvalue weighted by molar-refractivity contribution is 7.80. The first-order valence-electron chi connectivity index (χ1n) is 8.33. The number of nitrogens with two attached hydrogens (primary N) is 1. The number of ether oxygens (including phenoxy) is 1. The zero-order valence-electron chi connectivity index (χ0n) is 14.8. The second-order valence-corrected chi connectivity index (χ2v) is 6.32. The fourth-order valence-electron chi connectivity index (χ4n) is 1.98. The molecule has 144 valence electrons. The lowest BCUT2D eigenvalue weighted by atomic mass is 10.3. The fraction of sp³-hybridized carbons (Fsp3) is 0.294. The highest BCUT2D eigenvalue weighted by Gasteiger charge is 2.06. The first-order valence-corrected chi connectivity index (χ1v) is 9.12. The number of benzene rings is 1. The van der Waals surface area contributed by atoms with E-state index in [0.29, 0.717) is 23.1 Å². The van der Waals surface area contributed by atoms with Crippen LogP contribution in [-0.4, -0.2) is 27.8 Å². The molecular formula is C17H21ClN6O2S. The Balaban J connectivity index is 1.80. The van der Waals surface area contributed by atoms with E-state index >= 15 is 0 Å². The molecule has 0 radical (unpaired) electrons. The minimum absolute atomic E-state index is 0.260. The van der Waals surface area contributed by atoms with E-state index in [2.05, 4.69) is 25.9 Å². The number of nitrogens with zero attached hydrogens (tertiary/aromatic N) is 2. The largest absolute Gasteiger partial charge is 0.449 e. The van der Waals surface area contributed by atoms with E-state index in [1.54, 1.807) is 24.3 Å². The van der Waals surface area contributed by atoms with Crippen molar-refractivity contribution in [3.8, 4) is 0 Å². The standard InChI is InChI=1S/C17H21ClN6O2S/c1-2-3-8-26-17(25)23-12-6-4-11(5-7-12)22-16(27)21-9-13-15(19)20-10-14(18)24-13/h4-7,10H,2-3,8-9H2,1H3,(H2,19,20)(H,23,25)(H2,21,22,27). The first kappa shape index (κ1) is 20.7. The van der Waals surface area contributed by atoms with Crippen molar-refractivity contribution < 1.29 is 9.53 Å². The number of amides is 1. The summed E-state index contributed by atoms with van der Waals surface area (Å²) in [5, 5.41) is 9.31. The van der Waals surface area contributed by atoms with Gasteiger partial charge in [0.15, 0.2) is 5.11 Å². The Labute approximate surface area is 167 Å². The third-order valence-corrected chi connectivity index (χ3v) is 3.81. The molecule has 8 nitrogen and oxygen atoms in total. The summed E-state index contributed by atoms with van der Waals surface area (Å²) in [6, 6.07) is 7.05. The predicted molar refractivity (Wildman–Crippen MR) is 111 cm³/mol. The van der Waals surface area contributed by atoms with Crippen molar-refractivity contribution in [2.75, 3.05) is 23.0 Å². The topological polar surface area (TPSA) is 114 Å². The quantitative estimate of drug-likeness (QED) is 0.406. The summed E-state index contributed by atoms with van der Waals surface area (Å²) in [7, 11) is 0. The number of carbonyl (C=O) groups is 1. The number of halogens is 1. The lowest BCUT2D eigenvalue weighted by Gasteiger charge is -2.12. The Morgan fingerprint density at radius 2 is 1.93 bits per heavy atom. The number of hydrogen-bond acceptors (Lipinski definition) is 6. The summed E-state index contributed by atoms with van der Waals surface area (Å²) in [6.07, 6.45) is 2.72. The normalized spacial score (nSPS) is 10.1. The molecule has 1 heterocycles. The smallest absolute Gasteiger partial charge is 0.411 e. The lowest BCUT2D eigenvalue weighted by Crippen LogP contribution is -2.28. The molecule has 27 heavy (non-hydrogen) atoms. The molecule has 0 saturated heterocycles. The van der Waals surface area contributed by atoms with Crippen LogP contribution in [-0.2, 0) is 11.3 Å². The number of unbranched alkanes of at least 4 members (excludes halogenated alkanes) is 1. The third kappa shape index (κ3) is 7.24. The van der Waals surface area contributed by atoms with Gasteiger partial charge in [0.1, 0.15) is 16.7 Å². The fourth-order valence-corrected chi connectivity index (χ4v) is 2.32. The van der Waals surface area contributed by atoms with Crippen molar-refractivity contribution in [1.29, 1.82) is 0 Å². The van der Waals surface area contributed by atoms with Gasteiger partial charge in [-0.05, 0) is 42.9 Å². The number of thiocarbonyl (C=S) groups is 1. The number of carbonyl (C=O) groups excluding carboxylic acids is 1. The molecule has 0 aliphatic heterocycles. The van der Waals surface area contributed by atoms with Gasteiger partial charge in [0.25, 0.3) is 0 Å². The maximum absolute atomic E-state index is 11.6. The minimum atomic E-state index is -0.471. The number of hydrogen-bond donors (Lipinski definition) is 4. The highest BCUT2D eigenvalue weighted by atomic mass is 35.5. The zero-order valence-corrected chi connectivity index (χ0v) is 16.4. The van der Waals surface area contributed by atoms with Crippen molar-refractivity contribution in [1.82, 2.24) is 15.3 Å². The van der Waals surface area contributed by atoms with Gasteiger partial charge < -0.3 is 21.1 Å². The van der Waals surface area contributed by atoms with Gasteiger partial charge in [0.05, 0.1) is 19.3 Å². The maximum atomic E-state index is 11.6. The molecule has 0 fully saturated rings. The van der Waals surface area contributed by atoms with Crippen LogP contribution in [0, 0.1) is 0 Å². The Morgan fingerprint density at radius 3 is 2.59 bits per heavy atom. The third-order valence-electron chi connectivity index (χ3n) is 3.38. The molecule has 0 saturated carbocycles. The van der Waals surface area contributed by atoms with Gasteiger partial charge in [-0.1, -0.05) is 24.9 Å². The second-order valence-electron chi connectivity index (χ2n) is 5.52. The number of anilines is 3. The van der Waals surface area contributed by atoms with Crippen LogP contribution in [0.15, 0.2) is 30.5 Å². The highest BCUT2D eigenvalue weighted by Crippen LogP contribution is 2.14. The van der Waals surface area contributed by atoms with E-state index in [0.717, 1.165) is 18.5 Å². The van der Waals surface area contributed by atoms with Gasteiger partial charge in [0.2, 0.25) is 0 Å². The molecule has 0 aliphatic carbocycles. The summed E-state index contributed by atoms with van der Waals surface area (Å²) in [6.45, 7) is 2.72. The molecule has 0 bridgehead atoms. The van der Waals surface area contributed by atoms with Crippen LogP contribution in [0.2, 0.25) is 5.15 Å². The van der Waals surface area contributed by atoms with Gasteiger partial charge in [-0.25, -0.2) is 14.8 Å². The van der Waals surface area contributed by atoms with Gasteiger partial charge >= 0.3 is 6.09 Å². The summed E-state index contributed by atoms with van der Waals surface area (Å²) in [4.78, 5) is 19.6. The monoisotopic (exact) mass is 408 g/mol. The van der Waals surface area contributed by atoms with Crippen molar-refractivity contribution in [3.05, 3.63) is 41.3 Å². The molecular weight excluding hydrogens is 388 g/mol. The van der Waals surface area contributed by atoms with Gasteiger partial charge in [-0.3, -0.25) is 5.32 Å². The van der Waals surface area contributed by atoms with E-state index in [-0.39, 0.29) is 17.5 Å². The SMILES string of the molecule is CCCCOC(=O)Nc1ccc(NC(=S)NCc2nc(Cl)cnc2N)cc1. The van der Waals surface area contributed by atoms with E-state index in [1.807, 2.05) is 6.92 Å². The Bertz CT molecular complexity index is 787. The van der Waals surface area contributed by atoms with Gasteiger partial charge in [-0.2, -0.15) is 0 Å². The van der Waals surface area contributed by atoms with E-state index in [4.69, 9.17) is 34.3 Å². The van der Waals surface area contributed by atoms with Crippen LogP contribution in [0.1, 0.15) is 25.5 Å². The molecule has 2 aromatic rings. The van der Waals surface area contributed by atoms with Gasteiger partial charge in [0, 0.05) is 11.4 Å². The van der Waals surface area contributed by atoms with Gasteiger partial charge in [-0.15, -0.1) is 0 Å². The van der Waals surface area contributed by atoms with E-state index in [1.165, 1.54) is 6.20 Å². The minimum Gasteiger partial charge on any atom is -0.449 e. The lowest BCUT2D eigenvalue weighted by molar-refractivity contribution is 0.160. The molecule has 10 heteroatoms. The van der Waals surface area contributed by atoms with Crippen LogP contribution in [0.4, 0.5) is 22.0 Å².